The molecule has 0 bridgehead atoms. The largest absolute Gasteiger partial charge is 0.382 e. The fraction of sp³-hybridized carbons (Fsp3) is 0.174. The van der Waals surface area contributed by atoms with E-state index in [0.29, 0.717) is 39.6 Å². The summed E-state index contributed by atoms with van der Waals surface area (Å²) in [5.74, 6) is 0.463. The van der Waals surface area contributed by atoms with Crippen molar-refractivity contribution in [3.63, 3.8) is 0 Å². The number of rotatable bonds is 8. The molecule has 1 atom stereocenters. The van der Waals surface area contributed by atoms with Crippen molar-refractivity contribution < 1.29 is 4.74 Å². The lowest BCUT2D eigenvalue weighted by Crippen LogP contribution is -2.21. The van der Waals surface area contributed by atoms with Gasteiger partial charge in [-0.2, -0.15) is 4.68 Å². The molecule has 1 aromatic heterocycles. The molecule has 4 aromatic rings. The van der Waals surface area contributed by atoms with E-state index in [2.05, 4.69) is 20.8 Å². The summed E-state index contributed by atoms with van der Waals surface area (Å²) in [6, 6.07) is 20.8. The molecule has 3 aromatic carbocycles. The molecule has 9 heteroatoms. The van der Waals surface area contributed by atoms with Crippen molar-refractivity contribution in [2.45, 2.75) is 13.2 Å². The van der Waals surface area contributed by atoms with E-state index >= 15 is 0 Å². The van der Waals surface area contributed by atoms with Gasteiger partial charge in [0, 0.05) is 28.4 Å². The summed E-state index contributed by atoms with van der Waals surface area (Å²) in [5, 5.41) is 17.1. The Bertz CT molecular complexity index is 1200. The molecule has 0 spiro atoms. The first kappa shape index (κ1) is 22.6. The van der Waals surface area contributed by atoms with Crippen LogP contribution in [-0.4, -0.2) is 33.4 Å². The maximum atomic E-state index is 6.43. The first-order valence-corrected chi connectivity index (χ1v) is 11.1. The molecule has 0 saturated carbocycles. The van der Waals surface area contributed by atoms with E-state index in [0.717, 1.165) is 16.8 Å². The number of aryl methyl sites for hydroxylation is 1. The Balaban J connectivity index is 1.57. The minimum atomic E-state index is -0.557. The smallest absolute Gasteiger partial charge is 0.186 e. The van der Waals surface area contributed by atoms with E-state index in [1.807, 2.05) is 61.5 Å². The van der Waals surface area contributed by atoms with Gasteiger partial charge in [-0.25, -0.2) is 0 Å². The molecular weight excluding hydrogens is 469 g/mol. The SMILES string of the molecule is Cc1ccc(Cl)cc1NCCOC(c1ccccc1)n1nnnc1-c1cccc(Cl)c1Cl. The van der Waals surface area contributed by atoms with Gasteiger partial charge in [-0.05, 0) is 47.2 Å². The summed E-state index contributed by atoms with van der Waals surface area (Å²) in [6.45, 7) is 2.99. The van der Waals surface area contributed by atoms with Crippen LogP contribution in [0.4, 0.5) is 5.69 Å². The predicted octanol–water partition coefficient (Wildman–Crippen LogP) is 6.28. The van der Waals surface area contributed by atoms with Crippen molar-refractivity contribution in [1.82, 2.24) is 20.2 Å². The number of nitrogens with zero attached hydrogens (tertiary/aromatic N) is 4. The van der Waals surface area contributed by atoms with Gasteiger partial charge in [0.2, 0.25) is 0 Å². The van der Waals surface area contributed by atoms with Crippen LogP contribution in [0.2, 0.25) is 15.1 Å². The summed E-state index contributed by atoms with van der Waals surface area (Å²) >= 11 is 18.7. The third-order valence-corrected chi connectivity index (χ3v) is 5.94. The summed E-state index contributed by atoms with van der Waals surface area (Å²) in [7, 11) is 0. The fourth-order valence-electron chi connectivity index (χ4n) is 3.27. The van der Waals surface area contributed by atoms with Crippen LogP contribution in [0.3, 0.4) is 0 Å². The molecular formula is C23H20Cl3N5O. The Morgan fingerprint density at radius 2 is 1.81 bits per heavy atom. The number of hydrogen-bond donors (Lipinski definition) is 1. The molecule has 1 heterocycles. The second kappa shape index (κ2) is 10.3. The van der Waals surface area contributed by atoms with Gasteiger partial charge in [-0.3, -0.25) is 0 Å². The zero-order chi connectivity index (χ0) is 22.5. The Labute approximate surface area is 201 Å². The highest BCUT2D eigenvalue weighted by atomic mass is 35.5. The van der Waals surface area contributed by atoms with Gasteiger partial charge >= 0.3 is 0 Å². The predicted molar refractivity (Wildman–Crippen MR) is 128 cm³/mol. The fourth-order valence-corrected chi connectivity index (χ4v) is 3.83. The molecule has 0 aliphatic heterocycles. The van der Waals surface area contributed by atoms with E-state index in [-0.39, 0.29) is 0 Å². The molecule has 6 nitrogen and oxygen atoms in total. The Kier molecular flexibility index (Phi) is 7.27. The van der Waals surface area contributed by atoms with Crippen LogP contribution in [-0.2, 0) is 4.74 Å². The first-order chi connectivity index (χ1) is 15.5. The first-order valence-electron chi connectivity index (χ1n) is 9.93. The van der Waals surface area contributed by atoms with E-state index in [1.54, 1.807) is 16.8 Å². The highest BCUT2D eigenvalue weighted by molar-refractivity contribution is 6.43. The van der Waals surface area contributed by atoms with Crippen molar-refractivity contribution in [3.05, 3.63) is 92.9 Å². The lowest BCUT2D eigenvalue weighted by Gasteiger charge is -2.20. The molecule has 1 N–H and O–H groups in total. The normalized spacial score (nSPS) is 12.0. The highest BCUT2D eigenvalue weighted by Gasteiger charge is 2.23. The van der Waals surface area contributed by atoms with Gasteiger partial charge in [0.15, 0.2) is 12.1 Å². The van der Waals surface area contributed by atoms with Crippen molar-refractivity contribution in [2.24, 2.45) is 0 Å². The number of ether oxygens (including phenoxy) is 1. The van der Waals surface area contributed by atoms with Gasteiger partial charge in [0.1, 0.15) is 0 Å². The maximum Gasteiger partial charge on any atom is 0.186 e. The Morgan fingerprint density at radius 3 is 2.62 bits per heavy atom. The second-order valence-corrected chi connectivity index (χ2v) is 8.29. The van der Waals surface area contributed by atoms with Gasteiger partial charge in [0.25, 0.3) is 0 Å². The molecule has 0 aliphatic carbocycles. The van der Waals surface area contributed by atoms with Crippen molar-refractivity contribution >= 4 is 40.5 Å². The van der Waals surface area contributed by atoms with Crippen LogP contribution in [0.15, 0.2) is 66.7 Å². The number of hydrogen-bond acceptors (Lipinski definition) is 5. The molecule has 0 radical (unpaired) electrons. The average molecular weight is 489 g/mol. The van der Waals surface area contributed by atoms with E-state index in [1.165, 1.54) is 0 Å². The summed E-state index contributed by atoms with van der Waals surface area (Å²) < 4.78 is 7.85. The minimum absolute atomic E-state index is 0.384. The maximum absolute atomic E-state index is 6.43. The van der Waals surface area contributed by atoms with Crippen LogP contribution in [0.5, 0.6) is 0 Å². The van der Waals surface area contributed by atoms with Crippen LogP contribution in [0.1, 0.15) is 17.4 Å². The number of nitrogens with one attached hydrogen (secondary N) is 1. The summed E-state index contributed by atoms with van der Waals surface area (Å²) in [6.07, 6.45) is -0.557. The molecule has 0 aliphatic rings. The topological polar surface area (TPSA) is 64.9 Å². The van der Waals surface area contributed by atoms with Crippen LogP contribution in [0, 0.1) is 6.92 Å². The van der Waals surface area contributed by atoms with Crippen molar-refractivity contribution in [2.75, 3.05) is 18.5 Å². The molecule has 0 amide bonds. The standard InChI is InChI=1S/C23H20Cl3N5O/c1-15-10-11-17(24)14-20(15)27-12-13-32-23(16-6-3-2-4-7-16)31-22(28-29-30-31)18-8-5-9-19(25)21(18)26/h2-11,14,23,27H,12-13H2,1H3. The zero-order valence-corrected chi connectivity index (χ0v) is 19.4. The second-order valence-electron chi connectivity index (χ2n) is 7.07. The number of aromatic nitrogens is 4. The summed E-state index contributed by atoms with van der Waals surface area (Å²) in [4.78, 5) is 0. The number of halogens is 3. The third-order valence-electron chi connectivity index (χ3n) is 4.89. The molecule has 1 unspecified atom stereocenters. The van der Waals surface area contributed by atoms with Crippen LogP contribution in [0.25, 0.3) is 11.4 Å². The highest BCUT2D eigenvalue weighted by Crippen LogP contribution is 2.34. The van der Waals surface area contributed by atoms with E-state index in [4.69, 9.17) is 39.5 Å². The third kappa shape index (κ3) is 5.05. The Hall–Kier alpha value is -2.64. The van der Waals surface area contributed by atoms with Gasteiger partial charge in [0.05, 0.1) is 16.7 Å². The number of benzene rings is 3. The van der Waals surface area contributed by atoms with Gasteiger partial charge in [-0.15, -0.1) is 5.10 Å². The summed E-state index contributed by atoms with van der Waals surface area (Å²) in [5.41, 5.74) is 3.60. The molecule has 4 rings (SSSR count). The molecule has 32 heavy (non-hydrogen) atoms. The number of anilines is 1. The zero-order valence-electron chi connectivity index (χ0n) is 17.2. The minimum Gasteiger partial charge on any atom is -0.382 e. The number of tetrazole rings is 1. The van der Waals surface area contributed by atoms with Gasteiger partial charge < -0.3 is 10.1 Å². The lowest BCUT2D eigenvalue weighted by atomic mass is 10.1. The Morgan fingerprint density at radius 1 is 1.00 bits per heavy atom. The van der Waals surface area contributed by atoms with E-state index in [9.17, 15) is 0 Å². The van der Waals surface area contributed by atoms with Crippen LogP contribution < -0.4 is 5.32 Å². The van der Waals surface area contributed by atoms with Crippen molar-refractivity contribution in [3.8, 4) is 11.4 Å². The lowest BCUT2D eigenvalue weighted by molar-refractivity contribution is 0.0300. The van der Waals surface area contributed by atoms with Crippen molar-refractivity contribution in [1.29, 1.82) is 0 Å². The monoisotopic (exact) mass is 487 g/mol. The van der Waals surface area contributed by atoms with E-state index < -0.39 is 6.23 Å². The molecule has 0 saturated heterocycles. The molecule has 164 valence electrons. The quantitative estimate of drug-likeness (QED) is 0.295. The average Bonchev–Trinajstić information content (AvgIpc) is 3.27. The molecule has 0 fully saturated rings. The van der Waals surface area contributed by atoms with Gasteiger partial charge in [-0.1, -0.05) is 77.3 Å². The van der Waals surface area contributed by atoms with Crippen LogP contribution >= 0.6 is 34.8 Å².